The third-order valence-electron chi connectivity index (χ3n) is 4.13. The Morgan fingerprint density at radius 1 is 1.08 bits per heavy atom. The van der Waals surface area contributed by atoms with Gasteiger partial charge in [0, 0.05) is 18.3 Å². The number of para-hydroxylation sites is 2. The molecule has 5 heteroatoms. The first-order valence-corrected chi connectivity index (χ1v) is 8.68. The molecule has 3 rings (SSSR count). The van der Waals surface area contributed by atoms with E-state index in [4.69, 9.17) is 4.74 Å². The molecule has 0 fully saturated rings. The van der Waals surface area contributed by atoms with E-state index < -0.39 is 0 Å². The minimum atomic E-state index is -0.0382. The van der Waals surface area contributed by atoms with E-state index in [0.717, 1.165) is 28.1 Å². The van der Waals surface area contributed by atoms with Crippen LogP contribution in [-0.4, -0.2) is 22.3 Å². The molecule has 134 valence electrons. The second-order valence-electron chi connectivity index (χ2n) is 6.22. The number of ether oxygens (including phenoxy) is 1. The van der Waals surface area contributed by atoms with Gasteiger partial charge in [-0.05, 0) is 37.1 Å². The van der Waals surface area contributed by atoms with Crippen molar-refractivity contribution in [2.24, 2.45) is 0 Å². The maximum absolute atomic E-state index is 12.0. The molecule has 26 heavy (non-hydrogen) atoms. The van der Waals surface area contributed by atoms with Crippen molar-refractivity contribution in [2.75, 3.05) is 6.61 Å². The molecule has 0 aliphatic carbocycles. The lowest BCUT2D eigenvalue weighted by atomic mass is 10.1. The van der Waals surface area contributed by atoms with Gasteiger partial charge < -0.3 is 10.1 Å². The molecule has 0 unspecified atom stereocenters. The van der Waals surface area contributed by atoms with E-state index in [1.165, 1.54) is 0 Å². The van der Waals surface area contributed by atoms with Gasteiger partial charge in [0.1, 0.15) is 5.75 Å². The number of aryl methyl sites for hydroxylation is 2. The van der Waals surface area contributed by atoms with Crippen molar-refractivity contribution in [3.63, 3.8) is 0 Å². The molecule has 0 atom stereocenters. The third-order valence-corrected chi connectivity index (χ3v) is 4.13. The molecule has 3 aromatic rings. The van der Waals surface area contributed by atoms with Crippen molar-refractivity contribution in [1.29, 1.82) is 0 Å². The summed E-state index contributed by atoms with van der Waals surface area (Å²) in [5, 5.41) is 7.23. The molecule has 1 heterocycles. The molecule has 0 saturated carbocycles. The van der Waals surface area contributed by atoms with Gasteiger partial charge >= 0.3 is 0 Å². The Labute approximate surface area is 153 Å². The first kappa shape index (κ1) is 17.7. The van der Waals surface area contributed by atoms with Crippen LogP contribution in [-0.2, 0) is 11.3 Å². The van der Waals surface area contributed by atoms with Gasteiger partial charge in [-0.1, -0.05) is 36.4 Å². The van der Waals surface area contributed by atoms with Crippen molar-refractivity contribution in [2.45, 2.75) is 26.8 Å². The van der Waals surface area contributed by atoms with Gasteiger partial charge in [0.25, 0.3) is 0 Å². The highest BCUT2D eigenvalue weighted by Crippen LogP contribution is 2.22. The molecule has 2 aromatic carbocycles. The molecule has 1 aromatic heterocycles. The summed E-state index contributed by atoms with van der Waals surface area (Å²) < 4.78 is 7.57. The van der Waals surface area contributed by atoms with E-state index in [1.54, 1.807) is 10.9 Å². The second-order valence-corrected chi connectivity index (χ2v) is 6.22. The van der Waals surface area contributed by atoms with Crippen LogP contribution in [0.25, 0.3) is 5.69 Å². The fourth-order valence-electron chi connectivity index (χ4n) is 2.73. The van der Waals surface area contributed by atoms with E-state index in [9.17, 15) is 4.79 Å². The minimum Gasteiger partial charge on any atom is -0.493 e. The lowest BCUT2D eigenvalue weighted by Crippen LogP contribution is -2.24. The van der Waals surface area contributed by atoms with Crippen molar-refractivity contribution in [3.8, 4) is 11.4 Å². The number of hydrogen-bond donors (Lipinski definition) is 1. The zero-order valence-electron chi connectivity index (χ0n) is 15.1. The number of carbonyl (C=O) groups is 1. The Kier molecular flexibility index (Phi) is 5.69. The average Bonchev–Trinajstić information content (AvgIpc) is 3.12. The first-order valence-electron chi connectivity index (χ1n) is 8.68. The number of carbonyl (C=O) groups excluding carboxylic acids is 1. The lowest BCUT2D eigenvalue weighted by molar-refractivity contribution is -0.121. The molecule has 1 amide bonds. The second kappa shape index (κ2) is 8.34. The summed E-state index contributed by atoms with van der Waals surface area (Å²) in [6, 6.07) is 15.9. The minimum absolute atomic E-state index is 0.0382. The summed E-state index contributed by atoms with van der Waals surface area (Å²) in [5.74, 6) is 0.827. The molecule has 1 N–H and O–H groups in total. The van der Waals surface area contributed by atoms with Gasteiger partial charge in [0.2, 0.25) is 5.91 Å². The normalized spacial score (nSPS) is 10.5. The number of hydrogen-bond acceptors (Lipinski definition) is 3. The SMILES string of the molecule is Cc1cccc(C)c1OCCC(=O)NCc1cnn(-c2ccccc2)c1. The molecular formula is C21H23N3O2. The zero-order chi connectivity index (χ0) is 18.4. The molecular weight excluding hydrogens is 326 g/mol. The van der Waals surface area contributed by atoms with Crippen LogP contribution >= 0.6 is 0 Å². The highest BCUT2D eigenvalue weighted by molar-refractivity contribution is 5.76. The van der Waals surface area contributed by atoms with Crippen LogP contribution in [0.5, 0.6) is 5.75 Å². The van der Waals surface area contributed by atoms with Crippen LogP contribution in [0.15, 0.2) is 60.9 Å². The van der Waals surface area contributed by atoms with Crippen LogP contribution in [0, 0.1) is 13.8 Å². The summed E-state index contributed by atoms with van der Waals surface area (Å²) in [7, 11) is 0. The third kappa shape index (κ3) is 4.51. The van der Waals surface area contributed by atoms with E-state index in [0.29, 0.717) is 19.6 Å². The number of nitrogens with zero attached hydrogens (tertiary/aromatic N) is 2. The number of benzene rings is 2. The molecule has 0 spiro atoms. The Balaban J connectivity index is 1.45. The van der Waals surface area contributed by atoms with Crippen LogP contribution in [0.2, 0.25) is 0 Å². The summed E-state index contributed by atoms with van der Waals surface area (Å²) in [6.07, 6.45) is 4.00. The largest absolute Gasteiger partial charge is 0.493 e. The number of nitrogens with one attached hydrogen (secondary N) is 1. The topological polar surface area (TPSA) is 56.1 Å². The van der Waals surface area contributed by atoms with Crippen LogP contribution < -0.4 is 10.1 Å². The number of aromatic nitrogens is 2. The Morgan fingerprint density at radius 2 is 1.81 bits per heavy atom. The zero-order valence-corrected chi connectivity index (χ0v) is 15.1. The molecule has 0 aliphatic rings. The molecule has 0 radical (unpaired) electrons. The van der Waals surface area contributed by atoms with Crippen LogP contribution in [0.4, 0.5) is 0 Å². The summed E-state index contributed by atoms with van der Waals surface area (Å²) in [6.45, 7) is 4.83. The van der Waals surface area contributed by atoms with E-state index in [-0.39, 0.29) is 5.91 Å². The van der Waals surface area contributed by atoms with Gasteiger partial charge in [0.05, 0.1) is 24.9 Å². The van der Waals surface area contributed by atoms with Crippen molar-refractivity contribution in [1.82, 2.24) is 15.1 Å². The van der Waals surface area contributed by atoms with E-state index in [2.05, 4.69) is 10.4 Å². The Bertz CT molecular complexity index is 852. The standard InChI is InChI=1S/C21H23N3O2/c1-16-7-6-8-17(2)21(16)26-12-11-20(25)22-13-18-14-23-24(15-18)19-9-4-3-5-10-19/h3-10,14-15H,11-13H2,1-2H3,(H,22,25). The summed E-state index contributed by atoms with van der Waals surface area (Å²) in [4.78, 5) is 12.0. The maximum Gasteiger partial charge on any atom is 0.223 e. The fraction of sp³-hybridized carbons (Fsp3) is 0.238. The lowest BCUT2D eigenvalue weighted by Gasteiger charge is -2.11. The Hall–Kier alpha value is -3.08. The van der Waals surface area contributed by atoms with E-state index in [1.807, 2.05) is 68.6 Å². The monoisotopic (exact) mass is 349 g/mol. The van der Waals surface area contributed by atoms with Gasteiger partial charge in [-0.3, -0.25) is 4.79 Å². The molecule has 0 saturated heterocycles. The van der Waals surface area contributed by atoms with Crippen LogP contribution in [0.1, 0.15) is 23.1 Å². The molecule has 0 bridgehead atoms. The van der Waals surface area contributed by atoms with Crippen molar-refractivity contribution < 1.29 is 9.53 Å². The predicted octanol–water partition coefficient (Wildman–Crippen LogP) is 3.57. The average molecular weight is 349 g/mol. The molecule has 5 nitrogen and oxygen atoms in total. The first-order chi connectivity index (χ1) is 12.6. The number of rotatable bonds is 7. The highest BCUT2D eigenvalue weighted by atomic mass is 16.5. The summed E-state index contributed by atoms with van der Waals surface area (Å²) >= 11 is 0. The smallest absolute Gasteiger partial charge is 0.223 e. The van der Waals surface area contributed by atoms with Crippen molar-refractivity contribution >= 4 is 5.91 Å². The predicted molar refractivity (Wildman–Crippen MR) is 101 cm³/mol. The van der Waals surface area contributed by atoms with E-state index >= 15 is 0 Å². The quantitative estimate of drug-likeness (QED) is 0.709. The van der Waals surface area contributed by atoms with Gasteiger partial charge in [0.15, 0.2) is 0 Å². The summed E-state index contributed by atoms with van der Waals surface area (Å²) in [5.41, 5.74) is 4.11. The van der Waals surface area contributed by atoms with Crippen molar-refractivity contribution in [3.05, 3.63) is 77.6 Å². The fourth-order valence-corrected chi connectivity index (χ4v) is 2.73. The van der Waals surface area contributed by atoms with Crippen LogP contribution in [0.3, 0.4) is 0 Å². The Morgan fingerprint density at radius 3 is 2.54 bits per heavy atom. The molecule has 0 aliphatic heterocycles. The highest BCUT2D eigenvalue weighted by Gasteiger charge is 2.07. The maximum atomic E-state index is 12.0. The van der Waals surface area contributed by atoms with Gasteiger partial charge in [-0.25, -0.2) is 4.68 Å². The van der Waals surface area contributed by atoms with Gasteiger partial charge in [-0.2, -0.15) is 5.10 Å². The number of amides is 1. The van der Waals surface area contributed by atoms with Gasteiger partial charge in [-0.15, -0.1) is 0 Å².